The maximum atomic E-state index is 12.2. The van der Waals surface area contributed by atoms with E-state index < -0.39 is 17.9 Å². The zero-order valence-electron chi connectivity index (χ0n) is 13.7. The monoisotopic (exact) mass is 356 g/mol. The zero-order chi connectivity index (χ0) is 17.9. The van der Waals surface area contributed by atoms with Gasteiger partial charge in [-0.1, -0.05) is 12.1 Å². The van der Waals surface area contributed by atoms with E-state index >= 15 is 0 Å². The van der Waals surface area contributed by atoms with Crippen molar-refractivity contribution in [1.82, 2.24) is 10.9 Å². The third-order valence-electron chi connectivity index (χ3n) is 3.90. The van der Waals surface area contributed by atoms with E-state index in [1.54, 1.807) is 36.4 Å². The van der Waals surface area contributed by atoms with Crippen molar-refractivity contribution in [2.24, 2.45) is 0 Å². The van der Waals surface area contributed by atoms with E-state index in [2.05, 4.69) is 10.9 Å². The first kappa shape index (κ1) is 16.1. The van der Waals surface area contributed by atoms with Crippen molar-refractivity contribution in [2.45, 2.75) is 6.10 Å². The number of fused-ring (bicyclic) bond motifs is 2. The van der Waals surface area contributed by atoms with Crippen LogP contribution in [-0.2, 0) is 4.79 Å². The van der Waals surface area contributed by atoms with Gasteiger partial charge in [0.05, 0.1) is 0 Å². The summed E-state index contributed by atoms with van der Waals surface area (Å²) in [6.07, 6.45) is -0.856. The highest BCUT2D eigenvalue weighted by Gasteiger charge is 2.27. The number of hydrogen-bond acceptors (Lipinski definition) is 6. The van der Waals surface area contributed by atoms with Crippen molar-refractivity contribution in [3.63, 3.8) is 0 Å². The second-order valence-electron chi connectivity index (χ2n) is 5.67. The van der Waals surface area contributed by atoms with E-state index in [-0.39, 0.29) is 6.61 Å². The topological polar surface area (TPSA) is 95.1 Å². The molecule has 134 valence electrons. The van der Waals surface area contributed by atoms with E-state index in [1.165, 1.54) is 0 Å². The minimum Gasteiger partial charge on any atom is -0.486 e. The molecule has 2 heterocycles. The molecule has 1 atom stereocenters. The number of hydrazine groups is 1. The second kappa shape index (κ2) is 6.83. The fraction of sp³-hybridized carbons (Fsp3) is 0.222. The molecule has 2 N–H and O–H groups in total. The SMILES string of the molecule is O=C(NNC(=O)C1COc2ccccc2O1)c1ccc2c(c1)OCCO2. The summed E-state index contributed by atoms with van der Waals surface area (Å²) in [5.41, 5.74) is 5.04. The largest absolute Gasteiger partial charge is 0.486 e. The molecule has 0 bridgehead atoms. The van der Waals surface area contributed by atoms with E-state index in [9.17, 15) is 9.59 Å². The Hall–Kier alpha value is -3.42. The van der Waals surface area contributed by atoms with Crippen LogP contribution in [0.25, 0.3) is 0 Å². The Kier molecular flexibility index (Phi) is 4.22. The number of nitrogens with one attached hydrogen (secondary N) is 2. The molecule has 8 nitrogen and oxygen atoms in total. The molecule has 2 amide bonds. The van der Waals surface area contributed by atoms with Crippen molar-refractivity contribution >= 4 is 11.8 Å². The Morgan fingerprint density at radius 3 is 2.42 bits per heavy atom. The van der Waals surface area contributed by atoms with Gasteiger partial charge in [0.15, 0.2) is 23.0 Å². The first-order valence-electron chi connectivity index (χ1n) is 8.09. The van der Waals surface area contributed by atoms with Gasteiger partial charge in [-0.05, 0) is 30.3 Å². The van der Waals surface area contributed by atoms with Crippen LogP contribution in [0.2, 0.25) is 0 Å². The average Bonchev–Trinajstić information content (AvgIpc) is 2.71. The van der Waals surface area contributed by atoms with Gasteiger partial charge in [0.25, 0.3) is 11.8 Å². The second-order valence-corrected chi connectivity index (χ2v) is 5.67. The minimum atomic E-state index is -0.856. The first-order chi connectivity index (χ1) is 12.7. The Morgan fingerprint density at radius 1 is 0.846 bits per heavy atom. The van der Waals surface area contributed by atoms with Crippen LogP contribution in [0.4, 0.5) is 0 Å². The lowest BCUT2D eigenvalue weighted by atomic mass is 10.2. The van der Waals surface area contributed by atoms with Gasteiger partial charge in [0.2, 0.25) is 6.10 Å². The molecule has 26 heavy (non-hydrogen) atoms. The summed E-state index contributed by atoms with van der Waals surface area (Å²) < 4.78 is 21.9. The van der Waals surface area contributed by atoms with Crippen molar-refractivity contribution in [1.29, 1.82) is 0 Å². The van der Waals surface area contributed by atoms with Crippen LogP contribution in [0.5, 0.6) is 23.0 Å². The summed E-state index contributed by atoms with van der Waals surface area (Å²) in [6, 6.07) is 11.9. The fourth-order valence-electron chi connectivity index (χ4n) is 2.60. The Morgan fingerprint density at radius 2 is 1.58 bits per heavy atom. The van der Waals surface area contributed by atoms with Crippen molar-refractivity contribution in [3.8, 4) is 23.0 Å². The van der Waals surface area contributed by atoms with Gasteiger partial charge < -0.3 is 18.9 Å². The third kappa shape index (κ3) is 3.21. The van der Waals surface area contributed by atoms with Crippen molar-refractivity contribution < 1.29 is 28.5 Å². The Bertz CT molecular complexity index is 853. The van der Waals surface area contributed by atoms with Crippen LogP contribution in [0, 0.1) is 0 Å². The Balaban J connectivity index is 1.35. The molecule has 2 aliphatic heterocycles. The molecule has 0 fully saturated rings. The molecular weight excluding hydrogens is 340 g/mol. The number of hydrogen-bond donors (Lipinski definition) is 2. The number of ether oxygens (including phenoxy) is 4. The number of amides is 2. The summed E-state index contributed by atoms with van der Waals surface area (Å²) in [6.45, 7) is 0.958. The molecule has 0 aliphatic carbocycles. The molecule has 0 spiro atoms. The summed E-state index contributed by atoms with van der Waals surface area (Å²) >= 11 is 0. The predicted octanol–water partition coefficient (Wildman–Crippen LogP) is 1.06. The van der Waals surface area contributed by atoms with E-state index in [0.29, 0.717) is 41.8 Å². The molecule has 8 heteroatoms. The molecule has 0 saturated carbocycles. The molecular formula is C18H16N2O6. The minimum absolute atomic E-state index is 0.0583. The van der Waals surface area contributed by atoms with Crippen molar-refractivity contribution in [2.75, 3.05) is 19.8 Å². The van der Waals surface area contributed by atoms with Crippen LogP contribution < -0.4 is 29.8 Å². The highest BCUT2D eigenvalue weighted by molar-refractivity contribution is 5.96. The van der Waals surface area contributed by atoms with Gasteiger partial charge in [0.1, 0.15) is 19.8 Å². The Labute approximate surface area is 149 Å². The molecule has 2 aliphatic rings. The first-order valence-corrected chi connectivity index (χ1v) is 8.09. The lowest BCUT2D eigenvalue weighted by molar-refractivity contribution is -0.131. The average molecular weight is 356 g/mol. The summed E-state index contributed by atoms with van der Waals surface area (Å²) in [5, 5.41) is 0. The number of para-hydroxylation sites is 2. The quantitative estimate of drug-likeness (QED) is 0.782. The zero-order valence-corrected chi connectivity index (χ0v) is 13.7. The molecule has 1 unspecified atom stereocenters. The predicted molar refractivity (Wildman–Crippen MR) is 89.4 cm³/mol. The maximum absolute atomic E-state index is 12.2. The number of benzene rings is 2. The lowest BCUT2D eigenvalue weighted by Crippen LogP contribution is -2.50. The number of carbonyl (C=O) groups excluding carboxylic acids is 2. The van der Waals surface area contributed by atoms with Gasteiger partial charge in [-0.3, -0.25) is 20.4 Å². The molecule has 2 aromatic rings. The molecule has 0 saturated heterocycles. The van der Waals surface area contributed by atoms with Gasteiger partial charge in [0, 0.05) is 5.56 Å². The normalized spacial score (nSPS) is 17.2. The van der Waals surface area contributed by atoms with Crippen molar-refractivity contribution in [3.05, 3.63) is 48.0 Å². The number of carbonyl (C=O) groups is 2. The highest BCUT2D eigenvalue weighted by atomic mass is 16.6. The van der Waals surface area contributed by atoms with E-state index in [1.807, 2.05) is 6.07 Å². The molecule has 4 rings (SSSR count). The van der Waals surface area contributed by atoms with Gasteiger partial charge in [-0.2, -0.15) is 0 Å². The maximum Gasteiger partial charge on any atom is 0.283 e. The summed E-state index contributed by atoms with van der Waals surface area (Å²) in [5.74, 6) is 1.16. The van der Waals surface area contributed by atoms with Crippen LogP contribution in [0.3, 0.4) is 0 Å². The number of rotatable bonds is 2. The summed E-state index contributed by atoms with van der Waals surface area (Å²) in [4.78, 5) is 24.4. The van der Waals surface area contributed by atoms with E-state index in [4.69, 9.17) is 18.9 Å². The van der Waals surface area contributed by atoms with Gasteiger partial charge in [-0.25, -0.2) is 0 Å². The van der Waals surface area contributed by atoms with Crippen LogP contribution in [0.15, 0.2) is 42.5 Å². The van der Waals surface area contributed by atoms with Gasteiger partial charge >= 0.3 is 0 Å². The van der Waals surface area contributed by atoms with Crippen LogP contribution >= 0.6 is 0 Å². The van der Waals surface area contributed by atoms with E-state index in [0.717, 1.165) is 0 Å². The molecule has 0 radical (unpaired) electrons. The third-order valence-corrected chi connectivity index (χ3v) is 3.90. The standard InChI is InChI=1S/C18H16N2O6/c21-17(11-5-6-13-15(9-11)24-8-7-23-13)19-20-18(22)16-10-25-12-3-1-2-4-14(12)26-16/h1-6,9,16H,7-8,10H2,(H,19,21)(H,20,22). The molecule has 2 aromatic carbocycles. The summed E-state index contributed by atoms with van der Waals surface area (Å²) in [7, 11) is 0. The molecule has 0 aromatic heterocycles. The van der Waals surface area contributed by atoms with Gasteiger partial charge in [-0.15, -0.1) is 0 Å². The smallest absolute Gasteiger partial charge is 0.283 e. The van der Waals surface area contributed by atoms with Crippen LogP contribution in [-0.4, -0.2) is 37.7 Å². The van der Waals surface area contributed by atoms with Crippen LogP contribution in [0.1, 0.15) is 10.4 Å². The fourth-order valence-corrected chi connectivity index (χ4v) is 2.60. The lowest BCUT2D eigenvalue weighted by Gasteiger charge is -2.25. The highest BCUT2D eigenvalue weighted by Crippen LogP contribution is 2.31.